The minimum absolute atomic E-state index is 0.0524. The molecule has 1 aromatic rings. The lowest BCUT2D eigenvalue weighted by molar-refractivity contribution is -0.134. The van der Waals surface area contributed by atoms with E-state index in [1.807, 2.05) is 17.0 Å². The number of carbonyl (C=O) groups excluding carboxylic acids is 2. The van der Waals surface area contributed by atoms with Crippen molar-refractivity contribution in [1.29, 1.82) is 0 Å². The van der Waals surface area contributed by atoms with Crippen LogP contribution in [-0.2, 0) is 9.59 Å². The van der Waals surface area contributed by atoms with Crippen LogP contribution in [0.1, 0.15) is 51.9 Å². The number of hydrogen-bond donors (Lipinski definition) is 1. The molecule has 0 atom stereocenters. The summed E-state index contributed by atoms with van der Waals surface area (Å²) in [7, 11) is 0. The fraction of sp³-hybridized carbons (Fsp3) is 0.619. The van der Waals surface area contributed by atoms with Gasteiger partial charge in [-0.3, -0.25) is 9.59 Å². The van der Waals surface area contributed by atoms with Gasteiger partial charge >= 0.3 is 0 Å². The van der Waals surface area contributed by atoms with Crippen LogP contribution in [0.3, 0.4) is 0 Å². The maximum atomic E-state index is 12.3. The van der Waals surface area contributed by atoms with Crippen molar-refractivity contribution >= 4 is 23.2 Å². The van der Waals surface area contributed by atoms with Gasteiger partial charge in [-0.2, -0.15) is 0 Å². The second kappa shape index (κ2) is 9.06. The van der Waals surface area contributed by atoms with E-state index >= 15 is 0 Å². The molecule has 2 saturated heterocycles. The van der Waals surface area contributed by atoms with E-state index in [1.165, 1.54) is 31.4 Å². The molecule has 142 valence electrons. The van der Waals surface area contributed by atoms with Gasteiger partial charge in [-0.15, -0.1) is 0 Å². The molecule has 0 saturated carbocycles. The summed E-state index contributed by atoms with van der Waals surface area (Å²) in [5.74, 6) is 0.536. The zero-order chi connectivity index (χ0) is 18.4. The van der Waals surface area contributed by atoms with Crippen molar-refractivity contribution in [3.63, 3.8) is 0 Å². The van der Waals surface area contributed by atoms with Gasteiger partial charge in [0.1, 0.15) is 6.42 Å². The highest BCUT2D eigenvalue weighted by Gasteiger charge is 2.19. The Kier molecular flexibility index (Phi) is 6.53. The molecule has 0 aromatic heterocycles. The van der Waals surface area contributed by atoms with E-state index in [0.717, 1.165) is 50.6 Å². The average Bonchev–Trinajstić information content (AvgIpc) is 2.92. The quantitative estimate of drug-likeness (QED) is 0.837. The summed E-state index contributed by atoms with van der Waals surface area (Å²) in [5.41, 5.74) is 1.96. The number of benzene rings is 1. The number of hydrogen-bond acceptors (Lipinski definition) is 3. The van der Waals surface area contributed by atoms with Gasteiger partial charge in [0.2, 0.25) is 11.8 Å². The third-order valence-corrected chi connectivity index (χ3v) is 5.57. The summed E-state index contributed by atoms with van der Waals surface area (Å²) >= 11 is 0. The highest BCUT2D eigenvalue weighted by Crippen LogP contribution is 2.24. The molecular weight excluding hydrogens is 326 g/mol. The maximum Gasteiger partial charge on any atom is 0.233 e. The van der Waals surface area contributed by atoms with Crippen molar-refractivity contribution in [3.05, 3.63) is 24.3 Å². The van der Waals surface area contributed by atoms with Crippen LogP contribution in [0, 0.1) is 5.92 Å². The molecule has 2 heterocycles. The number of nitrogens with one attached hydrogen (secondary N) is 1. The number of anilines is 2. The second-order valence-corrected chi connectivity index (χ2v) is 7.74. The Balaban J connectivity index is 1.48. The molecule has 1 aromatic carbocycles. The molecule has 0 aliphatic carbocycles. The van der Waals surface area contributed by atoms with Crippen LogP contribution in [0.5, 0.6) is 0 Å². The van der Waals surface area contributed by atoms with Gasteiger partial charge in [-0.25, -0.2) is 0 Å². The third-order valence-electron chi connectivity index (χ3n) is 5.57. The van der Waals surface area contributed by atoms with Gasteiger partial charge in [0.05, 0.1) is 0 Å². The monoisotopic (exact) mass is 357 g/mol. The number of rotatable bonds is 4. The van der Waals surface area contributed by atoms with Crippen LogP contribution in [-0.4, -0.2) is 42.9 Å². The fourth-order valence-electron chi connectivity index (χ4n) is 3.80. The molecule has 0 spiro atoms. The van der Waals surface area contributed by atoms with E-state index in [-0.39, 0.29) is 18.2 Å². The summed E-state index contributed by atoms with van der Waals surface area (Å²) in [6.45, 7) is 6.07. The van der Waals surface area contributed by atoms with Gasteiger partial charge < -0.3 is 15.1 Å². The van der Waals surface area contributed by atoms with E-state index < -0.39 is 0 Å². The molecule has 3 rings (SSSR count). The molecule has 0 unspecified atom stereocenters. The van der Waals surface area contributed by atoms with Gasteiger partial charge in [-0.1, -0.05) is 19.8 Å². The number of nitrogens with zero attached hydrogens (tertiary/aromatic N) is 2. The van der Waals surface area contributed by atoms with Crippen LogP contribution < -0.4 is 10.2 Å². The Morgan fingerprint density at radius 1 is 0.962 bits per heavy atom. The summed E-state index contributed by atoms with van der Waals surface area (Å²) in [6, 6.07) is 7.98. The van der Waals surface area contributed by atoms with Crippen LogP contribution in [0.15, 0.2) is 24.3 Å². The molecular formula is C21H31N3O2. The molecule has 5 nitrogen and oxygen atoms in total. The summed E-state index contributed by atoms with van der Waals surface area (Å²) in [6.07, 6.45) is 6.85. The Labute approximate surface area is 156 Å². The lowest BCUT2D eigenvalue weighted by Crippen LogP contribution is -2.34. The molecule has 26 heavy (non-hydrogen) atoms. The molecule has 2 amide bonds. The number of carbonyl (C=O) groups is 2. The Hall–Kier alpha value is -2.04. The van der Waals surface area contributed by atoms with Crippen molar-refractivity contribution in [1.82, 2.24) is 4.90 Å². The third kappa shape index (κ3) is 5.23. The fourth-order valence-corrected chi connectivity index (χ4v) is 3.80. The lowest BCUT2D eigenvalue weighted by atomic mass is 9.99. The first-order chi connectivity index (χ1) is 12.6. The summed E-state index contributed by atoms with van der Waals surface area (Å²) in [4.78, 5) is 28.7. The molecule has 5 heteroatoms. The van der Waals surface area contributed by atoms with Crippen molar-refractivity contribution in [2.24, 2.45) is 5.92 Å². The first-order valence-corrected chi connectivity index (χ1v) is 10.0. The number of piperidine rings is 1. The van der Waals surface area contributed by atoms with Crippen molar-refractivity contribution in [2.75, 3.05) is 36.4 Å². The van der Waals surface area contributed by atoms with Gasteiger partial charge in [0.25, 0.3) is 0 Å². The predicted octanol–water partition coefficient (Wildman–Crippen LogP) is 3.65. The predicted molar refractivity (Wildman–Crippen MR) is 105 cm³/mol. The average molecular weight is 357 g/mol. The SMILES string of the molecule is CC1CCN(c2ccc(NC(=O)CC(=O)N3CCCCCC3)cc2)CC1. The van der Waals surface area contributed by atoms with Crippen LogP contribution in [0.25, 0.3) is 0 Å². The van der Waals surface area contributed by atoms with Gasteiger partial charge in [-0.05, 0) is 55.9 Å². The number of likely N-dealkylation sites (tertiary alicyclic amines) is 1. The smallest absolute Gasteiger partial charge is 0.233 e. The van der Waals surface area contributed by atoms with E-state index in [4.69, 9.17) is 0 Å². The minimum Gasteiger partial charge on any atom is -0.372 e. The van der Waals surface area contributed by atoms with E-state index in [0.29, 0.717) is 0 Å². The molecule has 1 N–H and O–H groups in total. The van der Waals surface area contributed by atoms with Crippen LogP contribution >= 0.6 is 0 Å². The second-order valence-electron chi connectivity index (χ2n) is 7.74. The maximum absolute atomic E-state index is 12.3. The zero-order valence-electron chi connectivity index (χ0n) is 15.9. The topological polar surface area (TPSA) is 52.7 Å². The Morgan fingerprint density at radius 3 is 2.19 bits per heavy atom. The zero-order valence-corrected chi connectivity index (χ0v) is 15.9. The van der Waals surface area contributed by atoms with Crippen molar-refractivity contribution in [2.45, 2.75) is 51.9 Å². The lowest BCUT2D eigenvalue weighted by Gasteiger charge is -2.32. The molecule has 0 bridgehead atoms. The van der Waals surface area contributed by atoms with Crippen LogP contribution in [0.2, 0.25) is 0 Å². The van der Waals surface area contributed by atoms with Crippen molar-refractivity contribution < 1.29 is 9.59 Å². The number of amides is 2. The van der Waals surface area contributed by atoms with Crippen molar-refractivity contribution in [3.8, 4) is 0 Å². The molecule has 0 radical (unpaired) electrons. The normalized spacial score (nSPS) is 19.1. The Morgan fingerprint density at radius 2 is 1.58 bits per heavy atom. The minimum atomic E-state index is -0.223. The molecule has 2 aliphatic rings. The summed E-state index contributed by atoms with van der Waals surface area (Å²) < 4.78 is 0. The van der Waals surface area contributed by atoms with Gasteiger partial charge in [0, 0.05) is 37.6 Å². The molecule has 2 aliphatic heterocycles. The van der Waals surface area contributed by atoms with E-state index in [1.54, 1.807) is 0 Å². The van der Waals surface area contributed by atoms with E-state index in [9.17, 15) is 9.59 Å². The molecule has 2 fully saturated rings. The first-order valence-electron chi connectivity index (χ1n) is 10.0. The standard InChI is InChI=1S/C21H31N3O2/c1-17-10-14-23(15-11-17)19-8-6-18(7-9-19)22-20(25)16-21(26)24-12-4-2-3-5-13-24/h6-9,17H,2-5,10-16H2,1H3,(H,22,25). The Bertz CT molecular complexity index is 598. The highest BCUT2D eigenvalue weighted by atomic mass is 16.2. The summed E-state index contributed by atoms with van der Waals surface area (Å²) in [5, 5.41) is 2.86. The highest BCUT2D eigenvalue weighted by molar-refractivity contribution is 6.03. The van der Waals surface area contributed by atoms with E-state index in [2.05, 4.69) is 29.3 Å². The largest absolute Gasteiger partial charge is 0.372 e. The van der Waals surface area contributed by atoms with Gasteiger partial charge in [0.15, 0.2) is 0 Å². The first kappa shape index (κ1) is 18.7. The van der Waals surface area contributed by atoms with Crippen LogP contribution in [0.4, 0.5) is 11.4 Å².